The summed E-state index contributed by atoms with van der Waals surface area (Å²) in [5.74, 6) is 0.792. The summed E-state index contributed by atoms with van der Waals surface area (Å²) < 4.78 is 0. The maximum atomic E-state index is 6.31. The monoisotopic (exact) mass is 300 g/mol. The Morgan fingerprint density at radius 1 is 1.37 bits per heavy atom. The average Bonchev–Trinajstić information content (AvgIpc) is 2.83. The van der Waals surface area contributed by atoms with Gasteiger partial charge in [0.15, 0.2) is 0 Å². The highest BCUT2D eigenvalue weighted by atomic mass is 35.5. The molecule has 2 atom stereocenters. The third-order valence-electron chi connectivity index (χ3n) is 4.01. The van der Waals surface area contributed by atoms with E-state index in [0.29, 0.717) is 6.54 Å². The van der Waals surface area contributed by atoms with Crippen molar-refractivity contribution in [3.63, 3.8) is 0 Å². The Labute approximate surface area is 125 Å². The van der Waals surface area contributed by atoms with Gasteiger partial charge >= 0.3 is 0 Å². The van der Waals surface area contributed by atoms with E-state index >= 15 is 0 Å². The summed E-state index contributed by atoms with van der Waals surface area (Å²) in [6, 6.07) is 5.81. The molecule has 0 bridgehead atoms. The molecule has 1 saturated heterocycles. The molecule has 0 amide bonds. The molecule has 2 nitrogen and oxygen atoms in total. The smallest absolute Gasteiger partial charge is 0.0500 e. The Bertz CT molecular complexity index is 402. The van der Waals surface area contributed by atoms with E-state index in [1.165, 1.54) is 19.3 Å². The molecular formula is C15H22Cl2N2. The Morgan fingerprint density at radius 3 is 2.63 bits per heavy atom. The number of hydrogen-bond donors (Lipinski definition) is 1. The number of halogens is 2. The van der Waals surface area contributed by atoms with Gasteiger partial charge in [-0.25, -0.2) is 0 Å². The van der Waals surface area contributed by atoms with Gasteiger partial charge < -0.3 is 5.73 Å². The first-order valence-electron chi connectivity index (χ1n) is 7.05. The second-order valence-corrected chi connectivity index (χ2v) is 6.14. The number of benzene rings is 1. The van der Waals surface area contributed by atoms with Crippen LogP contribution in [0.1, 0.15) is 37.8 Å². The largest absolute Gasteiger partial charge is 0.329 e. The third-order valence-corrected chi connectivity index (χ3v) is 4.67. The molecule has 1 aliphatic heterocycles. The van der Waals surface area contributed by atoms with E-state index in [9.17, 15) is 0 Å². The highest BCUT2D eigenvalue weighted by Gasteiger charge is 2.30. The van der Waals surface area contributed by atoms with Crippen molar-refractivity contribution in [3.8, 4) is 0 Å². The van der Waals surface area contributed by atoms with Crippen LogP contribution in [0.5, 0.6) is 0 Å². The van der Waals surface area contributed by atoms with Crippen LogP contribution in [0.2, 0.25) is 10.0 Å². The Kier molecular flexibility index (Phi) is 5.52. The SMILES string of the molecule is CCCC1CCN(C(CN)c2c(Cl)cccc2Cl)C1. The van der Waals surface area contributed by atoms with Crippen LogP contribution in [0.4, 0.5) is 0 Å². The van der Waals surface area contributed by atoms with Gasteiger partial charge in [-0.2, -0.15) is 0 Å². The molecule has 1 heterocycles. The van der Waals surface area contributed by atoms with Crippen molar-refractivity contribution in [2.75, 3.05) is 19.6 Å². The molecule has 0 radical (unpaired) electrons. The van der Waals surface area contributed by atoms with E-state index in [1.807, 2.05) is 18.2 Å². The van der Waals surface area contributed by atoms with Crippen molar-refractivity contribution < 1.29 is 0 Å². The van der Waals surface area contributed by atoms with Crippen LogP contribution >= 0.6 is 23.2 Å². The van der Waals surface area contributed by atoms with Gasteiger partial charge in [-0.1, -0.05) is 42.6 Å². The zero-order valence-electron chi connectivity index (χ0n) is 11.4. The van der Waals surface area contributed by atoms with Crippen molar-refractivity contribution in [3.05, 3.63) is 33.8 Å². The molecule has 4 heteroatoms. The highest BCUT2D eigenvalue weighted by molar-refractivity contribution is 6.36. The fourth-order valence-electron chi connectivity index (χ4n) is 3.07. The second-order valence-electron chi connectivity index (χ2n) is 5.33. The molecule has 1 aliphatic rings. The fourth-order valence-corrected chi connectivity index (χ4v) is 3.72. The van der Waals surface area contributed by atoms with E-state index in [1.54, 1.807) is 0 Å². The van der Waals surface area contributed by atoms with Gasteiger partial charge in [-0.05, 0) is 37.4 Å². The molecule has 0 saturated carbocycles. The zero-order valence-corrected chi connectivity index (χ0v) is 12.9. The first-order valence-corrected chi connectivity index (χ1v) is 7.81. The lowest BCUT2D eigenvalue weighted by Crippen LogP contribution is -2.32. The Morgan fingerprint density at radius 2 is 2.05 bits per heavy atom. The van der Waals surface area contributed by atoms with Gasteiger partial charge in [-0.3, -0.25) is 4.90 Å². The van der Waals surface area contributed by atoms with E-state index < -0.39 is 0 Å². The number of nitrogens with two attached hydrogens (primary N) is 1. The predicted molar refractivity (Wildman–Crippen MR) is 82.8 cm³/mol. The summed E-state index contributed by atoms with van der Waals surface area (Å²) in [5, 5.41) is 1.45. The predicted octanol–water partition coefficient (Wildman–Crippen LogP) is 4.12. The molecule has 0 spiro atoms. The molecule has 2 unspecified atom stereocenters. The normalized spacial score (nSPS) is 21.8. The Hall–Kier alpha value is -0.280. The summed E-state index contributed by atoms with van der Waals surface area (Å²) in [7, 11) is 0. The van der Waals surface area contributed by atoms with Gasteiger partial charge in [0.2, 0.25) is 0 Å². The van der Waals surface area contributed by atoms with Gasteiger partial charge in [-0.15, -0.1) is 0 Å². The van der Waals surface area contributed by atoms with Crippen molar-refractivity contribution >= 4 is 23.2 Å². The van der Waals surface area contributed by atoms with Crippen molar-refractivity contribution in [2.24, 2.45) is 11.7 Å². The summed E-state index contributed by atoms with van der Waals surface area (Å²) in [6.07, 6.45) is 3.80. The summed E-state index contributed by atoms with van der Waals surface area (Å²) in [4.78, 5) is 2.44. The molecule has 106 valence electrons. The van der Waals surface area contributed by atoms with E-state index in [2.05, 4.69) is 11.8 Å². The molecular weight excluding hydrogens is 279 g/mol. The number of nitrogens with zero attached hydrogens (tertiary/aromatic N) is 1. The second kappa shape index (κ2) is 6.94. The summed E-state index contributed by atoms with van der Waals surface area (Å²) >= 11 is 12.6. The number of rotatable bonds is 5. The van der Waals surface area contributed by atoms with Crippen molar-refractivity contribution in [2.45, 2.75) is 32.2 Å². The molecule has 0 aliphatic carbocycles. The lowest BCUT2D eigenvalue weighted by Gasteiger charge is -2.28. The minimum absolute atomic E-state index is 0.142. The molecule has 2 N–H and O–H groups in total. The molecule has 19 heavy (non-hydrogen) atoms. The molecule has 1 aromatic carbocycles. The quantitative estimate of drug-likeness (QED) is 0.886. The summed E-state index contributed by atoms with van der Waals surface area (Å²) in [5.41, 5.74) is 6.97. The van der Waals surface area contributed by atoms with E-state index in [0.717, 1.165) is 34.6 Å². The average molecular weight is 301 g/mol. The van der Waals surface area contributed by atoms with Crippen LogP contribution in [-0.4, -0.2) is 24.5 Å². The van der Waals surface area contributed by atoms with Gasteiger partial charge in [0.05, 0.1) is 0 Å². The number of hydrogen-bond acceptors (Lipinski definition) is 2. The highest BCUT2D eigenvalue weighted by Crippen LogP contribution is 2.36. The summed E-state index contributed by atoms with van der Waals surface area (Å²) in [6.45, 7) is 5.00. The standard InChI is InChI=1S/C15H22Cl2N2/c1-2-4-11-7-8-19(10-11)14(9-18)15-12(16)5-3-6-13(15)17/h3,5-6,11,14H,2,4,7-10,18H2,1H3. The molecule has 1 aromatic rings. The van der Waals surface area contributed by atoms with Crippen LogP contribution in [0.25, 0.3) is 0 Å². The van der Waals surface area contributed by atoms with E-state index in [4.69, 9.17) is 28.9 Å². The lowest BCUT2D eigenvalue weighted by molar-refractivity contribution is 0.240. The van der Waals surface area contributed by atoms with Gasteiger partial charge in [0.25, 0.3) is 0 Å². The van der Waals surface area contributed by atoms with Crippen LogP contribution in [0.15, 0.2) is 18.2 Å². The van der Waals surface area contributed by atoms with Gasteiger partial charge in [0, 0.05) is 34.7 Å². The topological polar surface area (TPSA) is 29.3 Å². The fraction of sp³-hybridized carbons (Fsp3) is 0.600. The zero-order chi connectivity index (χ0) is 13.8. The third kappa shape index (κ3) is 3.43. The molecule has 0 aromatic heterocycles. The molecule has 2 rings (SSSR count). The minimum Gasteiger partial charge on any atom is -0.329 e. The lowest BCUT2D eigenvalue weighted by atomic mass is 10.0. The maximum Gasteiger partial charge on any atom is 0.0500 e. The first kappa shape index (κ1) is 15.1. The minimum atomic E-state index is 0.142. The van der Waals surface area contributed by atoms with Crippen molar-refractivity contribution in [1.82, 2.24) is 4.90 Å². The van der Waals surface area contributed by atoms with Crippen LogP contribution in [-0.2, 0) is 0 Å². The van der Waals surface area contributed by atoms with Crippen molar-refractivity contribution in [1.29, 1.82) is 0 Å². The van der Waals surface area contributed by atoms with Crippen LogP contribution < -0.4 is 5.73 Å². The van der Waals surface area contributed by atoms with Crippen LogP contribution in [0, 0.1) is 5.92 Å². The molecule has 1 fully saturated rings. The van der Waals surface area contributed by atoms with Crippen LogP contribution in [0.3, 0.4) is 0 Å². The van der Waals surface area contributed by atoms with E-state index in [-0.39, 0.29) is 6.04 Å². The first-order chi connectivity index (χ1) is 9.17. The maximum absolute atomic E-state index is 6.31. The Balaban J connectivity index is 2.17. The van der Waals surface area contributed by atoms with Gasteiger partial charge in [0.1, 0.15) is 0 Å². The number of likely N-dealkylation sites (tertiary alicyclic amines) is 1.